The van der Waals surface area contributed by atoms with Crippen molar-refractivity contribution in [3.05, 3.63) is 53.9 Å². The molecule has 27 heavy (non-hydrogen) atoms. The fraction of sp³-hybridized carbons (Fsp3) is 0.476. The first-order valence-electron chi connectivity index (χ1n) is 9.76. The number of aromatic nitrogens is 2. The third-order valence-corrected chi connectivity index (χ3v) is 4.97. The number of rotatable bonds is 7. The Balaban J connectivity index is 1.52. The van der Waals surface area contributed by atoms with E-state index < -0.39 is 0 Å². The van der Waals surface area contributed by atoms with Crippen molar-refractivity contribution in [1.29, 1.82) is 0 Å². The second-order valence-electron chi connectivity index (χ2n) is 7.17. The van der Waals surface area contributed by atoms with Crippen molar-refractivity contribution in [1.82, 2.24) is 20.0 Å². The number of likely N-dealkylation sites (tertiary alicyclic amines) is 1. The van der Waals surface area contributed by atoms with Crippen molar-refractivity contribution in [2.75, 3.05) is 13.1 Å². The van der Waals surface area contributed by atoms with Crippen LogP contribution >= 0.6 is 0 Å². The lowest BCUT2D eigenvalue weighted by molar-refractivity contribution is -0.135. The Hall–Kier alpha value is -2.63. The maximum atomic E-state index is 12.6. The molecule has 0 radical (unpaired) electrons. The quantitative estimate of drug-likeness (QED) is 0.817. The molecule has 1 unspecified atom stereocenters. The highest BCUT2D eigenvalue weighted by molar-refractivity contribution is 5.81. The van der Waals surface area contributed by atoms with E-state index in [1.54, 1.807) is 6.20 Å². The van der Waals surface area contributed by atoms with E-state index in [0.29, 0.717) is 26.1 Å². The van der Waals surface area contributed by atoms with E-state index in [0.717, 1.165) is 36.9 Å². The van der Waals surface area contributed by atoms with E-state index in [4.69, 9.17) is 0 Å². The summed E-state index contributed by atoms with van der Waals surface area (Å²) in [6.45, 7) is 4.55. The lowest BCUT2D eigenvalue weighted by Gasteiger charge is -2.32. The second kappa shape index (κ2) is 9.35. The highest BCUT2D eigenvalue weighted by Gasteiger charge is 2.27. The van der Waals surface area contributed by atoms with Crippen molar-refractivity contribution in [3.63, 3.8) is 0 Å². The van der Waals surface area contributed by atoms with Crippen LogP contribution in [0.4, 0.5) is 0 Å². The van der Waals surface area contributed by atoms with Gasteiger partial charge in [-0.25, -0.2) is 0 Å². The van der Waals surface area contributed by atoms with E-state index in [1.165, 1.54) is 0 Å². The average Bonchev–Trinajstić information content (AvgIpc) is 3.20. The summed E-state index contributed by atoms with van der Waals surface area (Å²) in [6.07, 6.45) is 6.86. The molecular weight excluding hydrogens is 340 g/mol. The summed E-state index contributed by atoms with van der Waals surface area (Å²) in [4.78, 5) is 26.5. The summed E-state index contributed by atoms with van der Waals surface area (Å²) in [5.74, 6) is 0.106. The average molecular weight is 368 g/mol. The van der Waals surface area contributed by atoms with Crippen LogP contribution in [0, 0.1) is 5.92 Å². The molecule has 1 saturated heterocycles. The molecule has 1 aliphatic heterocycles. The van der Waals surface area contributed by atoms with E-state index in [9.17, 15) is 9.59 Å². The van der Waals surface area contributed by atoms with Crippen LogP contribution < -0.4 is 5.32 Å². The molecule has 0 aliphatic carbocycles. The zero-order chi connectivity index (χ0) is 19.1. The van der Waals surface area contributed by atoms with Gasteiger partial charge < -0.3 is 10.2 Å². The molecule has 2 heterocycles. The molecule has 144 valence electrons. The van der Waals surface area contributed by atoms with Gasteiger partial charge >= 0.3 is 0 Å². The highest BCUT2D eigenvalue weighted by Crippen LogP contribution is 2.18. The van der Waals surface area contributed by atoms with Crippen LogP contribution in [0.1, 0.15) is 43.7 Å². The Labute approximate surface area is 160 Å². The molecule has 0 spiro atoms. The molecule has 1 aromatic carbocycles. The van der Waals surface area contributed by atoms with Gasteiger partial charge in [0.1, 0.15) is 0 Å². The largest absolute Gasteiger partial charge is 0.352 e. The van der Waals surface area contributed by atoms with Gasteiger partial charge in [0, 0.05) is 38.4 Å². The molecule has 0 bridgehead atoms. The molecule has 1 N–H and O–H groups in total. The van der Waals surface area contributed by atoms with E-state index >= 15 is 0 Å². The van der Waals surface area contributed by atoms with Crippen LogP contribution in [0.5, 0.6) is 0 Å². The Morgan fingerprint density at radius 2 is 2.11 bits per heavy atom. The molecule has 2 aromatic rings. The molecular formula is C21H28N4O2. The lowest BCUT2D eigenvalue weighted by Crippen LogP contribution is -2.45. The van der Waals surface area contributed by atoms with Gasteiger partial charge in [-0.2, -0.15) is 5.10 Å². The van der Waals surface area contributed by atoms with Crippen molar-refractivity contribution in [3.8, 4) is 0 Å². The zero-order valence-corrected chi connectivity index (χ0v) is 15.9. The van der Waals surface area contributed by atoms with Crippen LogP contribution in [-0.2, 0) is 22.7 Å². The number of carbonyl (C=O) groups is 2. The molecule has 3 rings (SSSR count). The van der Waals surface area contributed by atoms with Gasteiger partial charge in [-0.05, 0) is 36.5 Å². The smallest absolute Gasteiger partial charge is 0.225 e. The molecule has 0 saturated carbocycles. The predicted octanol–water partition coefficient (Wildman–Crippen LogP) is 2.59. The Bertz CT molecular complexity index is 757. The van der Waals surface area contributed by atoms with E-state index in [2.05, 4.69) is 22.5 Å². The number of hydrogen-bond acceptors (Lipinski definition) is 3. The summed E-state index contributed by atoms with van der Waals surface area (Å²) >= 11 is 0. The number of nitrogens with one attached hydrogen (secondary N) is 1. The van der Waals surface area contributed by atoms with Crippen molar-refractivity contribution in [2.45, 2.75) is 45.7 Å². The molecule has 1 atom stereocenters. The van der Waals surface area contributed by atoms with Crippen molar-refractivity contribution < 1.29 is 9.59 Å². The molecule has 6 nitrogen and oxygen atoms in total. The molecule has 6 heteroatoms. The van der Waals surface area contributed by atoms with Crippen molar-refractivity contribution >= 4 is 11.8 Å². The van der Waals surface area contributed by atoms with Crippen LogP contribution in [0.25, 0.3) is 0 Å². The fourth-order valence-electron chi connectivity index (χ4n) is 3.54. The molecule has 1 aromatic heterocycles. The summed E-state index contributed by atoms with van der Waals surface area (Å²) < 4.78 is 1.88. The Morgan fingerprint density at radius 1 is 1.26 bits per heavy atom. The Kier molecular flexibility index (Phi) is 6.63. The second-order valence-corrected chi connectivity index (χ2v) is 7.17. The first-order valence-corrected chi connectivity index (χ1v) is 9.76. The van der Waals surface area contributed by atoms with Gasteiger partial charge in [-0.1, -0.05) is 31.2 Å². The SMILES string of the molecule is CCCC(=O)N1CCCC(C(=O)NCc2cccc(Cn3cccn3)c2)C1. The van der Waals surface area contributed by atoms with Gasteiger partial charge in [0.15, 0.2) is 0 Å². The number of hydrogen-bond donors (Lipinski definition) is 1. The van der Waals surface area contributed by atoms with Gasteiger partial charge in [0.05, 0.1) is 12.5 Å². The number of amides is 2. The molecule has 1 aliphatic rings. The highest BCUT2D eigenvalue weighted by atomic mass is 16.2. The summed E-state index contributed by atoms with van der Waals surface area (Å²) in [5.41, 5.74) is 2.22. The normalized spacial score (nSPS) is 16.9. The first kappa shape index (κ1) is 19.1. The first-order chi connectivity index (χ1) is 13.2. The van der Waals surface area contributed by atoms with Gasteiger partial charge in [-0.3, -0.25) is 14.3 Å². The fourth-order valence-corrected chi connectivity index (χ4v) is 3.54. The van der Waals surface area contributed by atoms with Gasteiger partial charge in [0.2, 0.25) is 11.8 Å². The topological polar surface area (TPSA) is 67.2 Å². The third-order valence-electron chi connectivity index (χ3n) is 4.97. The van der Waals surface area contributed by atoms with E-state index in [-0.39, 0.29) is 17.7 Å². The minimum Gasteiger partial charge on any atom is -0.352 e. The van der Waals surface area contributed by atoms with Gasteiger partial charge in [0.25, 0.3) is 0 Å². The molecule has 2 amide bonds. The minimum atomic E-state index is -0.105. The standard InChI is InChI=1S/C21H28N4O2/c1-2-6-20(26)24-11-4-9-19(16-24)21(27)22-14-17-7-3-8-18(13-17)15-25-12-5-10-23-25/h3,5,7-8,10,12-13,19H,2,4,6,9,11,14-16H2,1H3,(H,22,27). The maximum absolute atomic E-state index is 12.6. The minimum absolute atomic E-state index is 0.0430. The van der Waals surface area contributed by atoms with Crippen LogP contribution in [0.2, 0.25) is 0 Å². The van der Waals surface area contributed by atoms with E-state index in [1.807, 2.05) is 40.9 Å². The summed E-state index contributed by atoms with van der Waals surface area (Å²) in [7, 11) is 0. The maximum Gasteiger partial charge on any atom is 0.225 e. The summed E-state index contributed by atoms with van der Waals surface area (Å²) in [6, 6.07) is 10.1. The number of benzene rings is 1. The Morgan fingerprint density at radius 3 is 2.89 bits per heavy atom. The monoisotopic (exact) mass is 368 g/mol. The zero-order valence-electron chi connectivity index (χ0n) is 15.9. The van der Waals surface area contributed by atoms with Crippen molar-refractivity contribution in [2.24, 2.45) is 5.92 Å². The van der Waals surface area contributed by atoms with Crippen LogP contribution in [0.15, 0.2) is 42.7 Å². The lowest BCUT2D eigenvalue weighted by atomic mass is 9.96. The van der Waals surface area contributed by atoms with Crippen LogP contribution in [-0.4, -0.2) is 39.6 Å². The number of piperidine rings is 1. The molecule has 1 fully saturated rings. The van der Waals surface area contributed by atoms with Gasteiger partial charge in [-0.15, -0.1) is 0 Å². The number of nitrogens with zero attached hydrogens (tertiary/aromatic N) is 3. The number of carbonyl (C=O) groups excluding carboxylic acids is 2. The summed E-state index contributed by atoms with van der Waals surface area (Å²) in [5, 5.41) is 7.27. The van der Waals surface area contributed by atoms with Crippen LogP contribution in [0.3, 0.4) is 0 Å². The predicted molar refractivity (Wildman–Crippen MR) is 104 cm³/mol. The third kappa shape index (κ3) is 5.42.